The Labute approximate surface area is 151 Å². The standard InChI is InChI=1S/C19H23N5O2/c1-14-12-15(22-26-14)13-24-10-8-23(9-11-24)7-6-18-20-17-5-3-2-4-16(17)19(25)21-18/h2-5,12H,6-11,13H2,1H3,(H,20,21,25). The third kappa shape index (κ3) is 3.84. The van der Waals surface area contributed by atoms with Crippen molar-refractivity contribution >= 4 is 10.9 Å². The van der Waals surface area contributed by atoms with Crippen LogP contribution in [0.4, 0.5) is 0 Å². The van der Waals surface area contributed by atoms with Crippen LogP contribution in [0.2, 0.25) is 0 Å². The maximum absolute atomic E-state index is 12.1. The van der Waals surface area contributed by atoms with Crippen molar-refractivity contribution in [2.45, 2.75) is 19.9 Å². The highest BCUT2D eigenvalue weighted by molar-refractivity contribution is 5.77. The van der Waals surface area contributed by atoms with Gasteiger partial charge in [-0.3, -0.25) is 9.69 Å². The highest BCUT2D eigenvalue weighted by Crippen LogP contribution is 2.10. The molecule has 3 heterocycles. The molecule has 1 N–H and O–H groups in total. The van der Waals surface area contributed by atoms with Gasteiger partial charge in [-0.05, 0) is 19.1 Å². The van der Waals surface area contributed by atoms with E-state index in [-0.39, 0.29) is 5.56 Å². The Morgan fingerprint density at radius 2 is 1.92 bits per heavy atom. The molecular formula is C19H23N5O2. The molecular weight excluding hydrogens is 330 g/mol. The Morgan fingerprint density at radius 3 is 2.69 bits per heavy atom. The topological polar surface area (TPSA) is 78.3 Å². The zero-order valence-corrected chi connectivity index (χ0v) is 14.9. The molecule has 1 aliphatic heterocycles. The van der Waals surface area contributed by atoms with E-state index < -0.39 is 0 Å². The van der Waals surface area contributed by atoms with Gasteiger partial charge in [-0.2, -0.15) is 0 Å². The summed E-state index contributed by atoms with van der Waals surface area (Å²) in [6.45, 7) is 7.69. The fraction of sp³-hybridized carbons (Fsp3) is 0.421. The van der Waals surface area contributed by atoms with Gasteiger partial charge in [0.15, 0.2) is 0 Å². The first-order valence-corrected chi connectivity index (χ1v) is 9.02. The number of aromatic nitrogens is 3. The Kier molecular flexibility index (Phi) is 4.81. The molecule has 0 bridgehead atoms. The van der Waals surface area contributed by atoms with Gasteiger partial charge >= 0.3 is 0 Å². The van der Waals surface area contributed by atoms with Crippen LogP contribution in [0.25, 0.3) is 10.9 Å². The second kappa shape index (κ2) is 7.39. The summed E-state index contributed by atoms with van der Waals surface area (Å²) in [5, 5.41) is 4.71. The monoisotopic (exact) mass is 353 g/mol. The van der Waals surface area contributed by atoms with Gasteiger partial charge in [0.05, 0.1) is 16.6 Å². The lowest BCUT2D eigenvalue weighted by molar-refractivity contribution is 0.125. The summed E-state index contributed by atoms with van der Waals surface area (Å²) in [5.74, 6) is 1.62. The zero-order valence-electron chi connectivity index (χ0n) is 14.9. The van der Waals surface area contributed by atoms with E-state index >= 15 is 0 Å². The second-order valence-corrected chi connectivity index (χ2v) is 6.83. The number of hydrogen-bond acceptors (Lipinski definition) is 6. The summed E-state index contributed by atoms with van der Waals surface area (Å²) in [5.41, 5.74) is 1.70. The van der Waals surface area contributed by atoms with Gasteiger partial charge in [-0.1, -0.05) is 17.3 Å². The van der Waals surface area contributed by atoms with Crippen LogP contribution >= 0.6 is 0 Å². The number of nitrogens with one attached hydrogen (secondary N) is 1. The van der Waals surface area contributed by atoms with Crippen LogP contribution in [-0.4, -0.2) is 57.6 Å². The SMILES string of the molecule is Cc1cc(CN2CCN(CCc3nc4ccccc4c(=O)[nH]3)CC2)no1. The van der Waals surface area contributed by atoms with Crippen LogP contribution in [0.1, 0.15) is 17.3 Å². The second-order valence-electron chi connectivity index (χ2n) is 6.83. The van der Waals surface area contributed by atoms with Gasteiger partial charge < -0.3 is 14.4 Å². The summed E-state index contributed by atoms with van der Waals surface area (Å²) in [4.78, 5) is 24.4. The van der Waals surface area contributed by atoms with E-state index in [1.807, 2.05) is 31.2 Å². The van der Waals surface area contributed by atoms with Crippen molar-refractivity contribution in [2.24, 2.45) is 0 Å². The first-order valence-electron chi connectivity index (χ1n) is 9.02. The van der Waals surface area contributed by atoms with Crippen LogP contribution in [0, 0.1) is 6.92 Å². The van der Waals surface area contributed by atoms with E-state index in [4.69, 9.17) is 4.52 Å². The molecule has 0 unspecified atom stereocenters. The Morgan fingerprint density at radius 1 is 1.15 bits per heavy atom. The first-order chi connectivity index (χ1) is 12.7. The molecule has 7 nitrogen and oxygen atoms in total. The molecule has 1 saturated heterocycles. The summed E-state index contributed by atoms with van der Waals surface area (Å²) in [6, 6.07) is 9.46. The van der Waals surface area contributed by atoms with Gasteiger partial charge in [-0.25, -0.2) is 4.98 Å². The number of aryl methyl sites for hydroxylation is 1. The molecule has 7 heteroatoms. The Hall–Kier alpha value is -2.51. The van der Waals surface area contributed by atoms with Crippen molar-refractivity contribution in [1.29, 1.82) is 0 Å². The maximum atomic E-state index is 12.1. The summed E-state index contributed by atoms with van der Waals surface area (Å²) < 4.78 is 5.13. The number of fused-ring (bicyclic) bond motifs is 1. The number of nitrogens with zero attached hydrogens (tertiary/aromatic N) is 4. The lowest BCUT2D eigenvalue weighted by Gasteiger charge is -2.34. The average molecular weight is 353 g/mol. The number of aromatic amines is 1. The fourth-order valence-corrected chi connectivity index (χ4v) is 3.41. The highest BCUT2D eigenvalue weighted by atomic mass is 16.5. The minimum Gasteiger partial charge on any atom is -0.361 e. The zero-order chi connectivity index (χ0) is 17.9. The minimum absolute atomic E-state index is 0.0571. The van der Waals surface area contributed by atoms with Crippen LogP contribution in [0.5, 0.6) is 0 Å². The fourth-order valence-electron chi connectivity index (χ4n) is 3.41. The lowest BCUT2D eigenvalue weighted by atomic mass is 10.2. The predicted octanol–water partition coefficient (Wildman–Crippen LogP) is 1.58. The Balaban J connectivity index is 1.30. The molecule has 4 rings (SSSR count). The number of para-hydroxylation sites is 1. The molecule has 0 aliphatic carbocycles. The lowest BCUT2D eigenvalue weighted by Crippen LogP contribution is -2.46. The largest absolute Gasteiger partial charge is 0.361 e. The van der Waals surface area contributed by atoms with Crippen LogP contribution in [-0.2, 0) is 13.0 Å². The van der Waals surface area contributed by atoms with E-state index in [0.29, 0.717) is 5.39 Å². The van der Waals surface area contributed by atoms with Gasteiger partial charge in [0, 0.05) is 51.8 Å². The number of rotatable bonds is 5. The molecule has 0 atom stereocenters. The van der Waals surface area contributed by atoms with Crippen molar-refractivity contribution in [1.82, 2.24) is 24.9 Å². The quantitative estimate of drug-likeness (QED) is 0.750. The molecule has 0 amide bonds. The molecule has 1 fully saturated rings. The molecule has 136 valence electrons. The van der Waals surface area contributed by atoms with E-state index in [1.165, 1.54) is 0 Å². The first kappa shape index (κ1) is 16.9. The van der Waals surface area contributed by atoms with Crippen LogP contribution in [0.15, 0.2) is 39.6 Å². The molecule has 0 spiro atoms. The predicted molar refractivity (Wildman–Crippen MR) is 99.0 cm³/mol. The average Bonchev–Trinajstić information content (AvgIpc) is 3.06. The van der Waals surface area contributed by atoms with Crippen molar-refractivity contribution in [3.05, 3.63) is 58.0 Å². The van der Waals surface area contributed by atoms with E-state index in [2.05, 4.69) is 24.9 Å². The third-order valence-corrected chi connectivity index (χ3v) is 4.85. The highest BCUT2D eigenvalue weighted by Gasteiger charge is 2.18. The van der Waals surface area contributed by atoms with Crippen LogP contribution < -0.4 is 5.56 Å². The van der Waals surface area contributed by atoms with Crippen LogP contribution in [0.3, 0.4) is 0 Å². The summed E-state index contributed by atoms with van der Waals surface area (Å²) in [7, 11) is 0. The third-order valence-electron chi connectivity index (χ3n) is 4.85. The molecule has 0 radical (unpaired) electrons. The van der Waals surface area contributed by atoms with Gasteiger partial charge in [0.1, 0.15) is 11.6 Å². The van der Waals surface area contributed by atoms with Crippen molar-refractivity contribution < 1.29 is 4.52 Å². The van der Waals surface area contributed by atoms with E-state index in [0.717, 1.165) is 68.5 Å². The van der Waals surface area contributed by atoms with Gasteiger partial charge in [0.25, 0.3) is 5.56 Å². The number of piperazine rings is 1. The van der Waals surface area contributed by atoms with Crippen molar-refractivity contribution in [3.63, 3.8) is 0 Å². The molecule has 1 aromatic carbocycles. The smallest absolute Gasteiger partial charge is 0.258 e. The van der Waals surface area contributed by atoms with Gasteiger partial charge in [-0.15, -0.1) is 0 Å². The molecule has 0 saturated carbocycles. The van der Waals surface area contributed by atoms with Crippen molar-refractivity contribution in [2.75, 3.05) is 32.7 Å². The number of H-pyrrole nitrogens is 1. The summed E-state index contributed by atoms with van der Waals surface area (Å²) in [6.07, 6.45) is 0.753. The number of benzene rings is 1. The molecule has 26 heavy (non-hydrogen) atoms. The summed E-state index contributed by atoms with van der Waals surface area (Å²) >= 11 is 0. The minimum atomic E-state index is -0.0571. The van der Waals surface area contributed by atoms with Crippen molar-refractivity contribution in [3.8, 4) is 0 Å². The van der Waals surface area contributed by atoms with E-state index in [1.54, 1.807) is 6.07 Å². The Bertz CT molecular complexity index is 940. The maximum Gasteiger partial charge on any atom is 0.258 e. The van der Waals surface area contributed by atoms with E-state index in [9.17, 15) is 4.79 Å². The molecule has 1 aliphatic rings. The molecule has 2 aromatic heterocycles. The number of hydrogen-bond donors (Lipinski definition) is 1. The molecule has 3 aromatic rings. The van der Waals surface area contributed by atoms with Gasteiger partial charge in [0.2, 0.25) is 0 Å². The normalized spacial score (nSPS) is 16.3.